The van der Waals surface area contributed by atoms with E-state index in [1.807, 2.05) is 30.3 Å². The van der Waals surface area contributed by atoms with Gasteiger partial charge in [-0.25, -0.2) is 4.79 Å². The molecule has 0 fully saturated rings. The number of halogens is 1. The maximum Gasteiger partial charge on any atom is 0.335 e. The molecule has 82 valence electrons. The molecule has 0 aliphatic carbocycles. The zero-order valence-electron chi connectivity index (χ0n) is 8.64. The Morgan fingerprint density at radius 3 is 2.47 bits per heavy atom. The summed E-state index contributed by atoms with van der Waals surface area (Å²) in [5.41, 5.74) is 0. The average Bonchev–Trinajstić information content (AvgIpc) is 2.18. The van der Waals surface area contributed by atoms with Gasteiger partial charge in [-0.3, -0.25) is 0 Å². The smallest absolute Gasteiger partial charge is 0.335 e. The predicted molar refractivity (Wildman–Crippen MR) is 63.2 cm³/mol. The average molecular weight is 245 g/mol. The molecular weight excluding hydrogens is 232 g/mol. The van der Waals surface area contributed by atoms with Crippen molar-refractivity contribution in [2.24, 2.45) is 0 Å². The molecule has 15 heavy (non-hydrogen) atoms. The lowest BCUT2D eigenvalue weighted by Gasteiger charge is -2.11. The molecule has 0 heterocycles. The fourth-order valence-corrected chi connectivity index (χ4v) is 2.02. The van der Waals surface area contributed by atoms with Gasteiger partial charge in [0, 0.05) is 4.90 Å². The van der Waals surface area contributed by atoms with Gasteiger partial charge in [0.05, 0.1) is 6.10 Å². The van der Waals surface area contributed by atoms with Crippen molar-refractivity contribution in [3.8, 4) is 0 Å². The van der Waals surface area contributed by atoms with Crippen LogP contribution >= 0.6 is 23.4 Å². The summed E-state index contributed by atoms with van der Waals surface area (Å²) in [6, 6.07) is 9.53. The number of rotatable bonds is 4. The third-order valence-electron chi connectivity index (χ3n) is 1.52. The zero-order valence-corrected chi connectivity index (χ0v) is 10.2. The fourth-order valence-electron chi connectivity index (χ4n) is 0.952. The van der Waals surface area contributed by atoms with Crippen molar-refractivity contribution in [3.63, 3.8) is 0 Å². The molecule has 1 aromatic carbocycles. The Hall–Kier alpha value is -0.670. The molecule has 0 aromatic heterocycles. The minimum atomic E-state index is -0.685. The molecule has 0 aliphatic rings. The van der Waals surface area contributed by atoms with E-state index in [0.29, 0.717) is 0 Å². The number of alkyl halides is 1. The lowest BCUT2D eigenvalue weighted by atomic mass is 10.4. The second-order valence-electron chi connectivity index (χ2n) is 3.23. The van der Waals surface area contributed by atoms with E-state index in [0.717, 1.165) is 4.90 Å². The quantitative estimate of drug-likeness (QED) is 0.462. The van der Waals surface area contributed by atoms with Crippen LogP contribution in [0.3, 0.4) is 0 Å². The molecule has 0 saturated heterocycles. The van der Waals surface area contributed by atoms with Gasteiger partial charge >= 0.3 is 5.97 Å². The van der Waals surface area contributed by atoms with Gasteiger partial charge in [0.25, 0.3) is 0 Å². The van der Waals surface area contributed by atoms with E-state index < -0.39 is 4.71 Å². The molecule has 4 heteroatoms. The number of benzene rings is 1. The monoisotopic (exact) mass is 244 g/mol. The maximum atomic E-state index is 11.4. The second kappa shape index (κ2) is 6.03. The van der Waals surface area contributed by atoms with E-state index in [4.69, 9.17) is 16.3 Å². The summed E-state index contributed by atoms with van der Waals surface area (Å²) < 4.78 is 4.31. The Morgan fingerprint density at radius 1 is 1.33 bits per heavy atom. The number of thioether (sulfide) groups is 1. The van der Waals surface area contributed by atoms with Gasteiger partial charge in [-0.15, -0.1) is 0 Å². The van der Waals surface area contributed by atoms with Crippen molar-refractivity contribution in [1.82, 2.24) is 0 Å². The van der Waals surface area contributed by atoms with Gasteiger partial charge in [0.2, 0.25) is 0 Å². The normalized spacial score (nSPS) is 12.5. The third-order valence-corrected chi connectivity index (χ3v) is 2.91. The van der Waals surface area contributed by atoms with Crippen molar-refractivity contribution >= 4 is 29.3 Å². The van der Waals surface area contributed by atoms with E-state index in [-0.39, 0.29) is 12.1 Å². The lowest BCUT2D eigenvalue weighted by Crippen LogP contribution is -2.18. The van der Waals surface area contributed by atoms with Crippen LogP contribution in [-0.4, -0.2) is 16.8 Å². The molecule has 2 nitrogen and oxygen atoms in total. The highest BCUT2D eigenvalue weighted by molar-refractivity contribution is 8.01. The van der Waals surface area contributed by atoms with E-state index in [2.05, 4.69) is 0 Å². The van der Waals surface area contributed by atoms with Crippen molar-refractivity contribution in [2.45, 2.75) is 29.6 Å². The Kier molecular flexibility index (Phi) is 4.99. The molecule has 0 bridgehead atoms. The highest BCUT2D eigenvalue weighted by Gasteiger charge is 2.19. The summed E-state index contributed by atoms with van der Waals surface area (Å²) >= 11 is 7.18. The van der Waals surface area contributed by atoms with Crippen LogP contribution in [0.25, 0.3) is 0 Å². The molecule has 1 aromatic rings. The minimum Gasteiger partial charge on any atom is -0.461 e. The van der Waals surface area contributed by atoms with Gasteiger partial charge in [-0.1, -0.05) is 41.6 Å². The molecule has 0 spiro atoms. The maximum absolute atomic E-state index is 11.4. The van der Waals surface area contributed by atoms with Crippen LogP contribution < -0.4 is 0 Å². The Morgan fingerprint density at radius 2 is 1.93 bits per heavy atom. The largest absolute Gasteiger partial charge is 0.461 e. The predicted octanol–water partition coefficient (Wildman–Crippen LogP) is 3.30. The van der Waals surface area contributed by atoms with Crippen molar-refractivity contribution in [2.75, 3.05) is 0 Å². The van der Waals surface area contributed by atoms with Crippen LogP contribution in [0.1, 0.15) is 13.8 Å². The van der Waals surface area contributed by atoms with Crippen LogP contribution in [0.2, 0.25) is 0 Å². The number of esters is 1. The van der Waals surface area contributed by atoms with Crippen LogP contribution in [-0.2, 0) is 9.53 Å². The Bertz CT molecular complexity index is 314. The number of carbonyl (C=O) groups excluding carboxylic acids is 1. The summed E-state index contributed by atoms with van der Waals surface area (Å²) in [4.78, 5) is 12.3. The van der Waals surface area contributed by atoms with E-state index >= 15 is 0 Å². The zero-order chi connectivity index (χ0) is 11.3. The minimum absolute atomic E-state index is 0.130. The molecule has 0 aliphatic heterocycles. The number of ether oxygens (including phenoxy) is 1. The molecule has 0 saturated carbocycles. The van der Waals surface area contributed by atoms with Crippen LogP contribution in [0, 0.1) is 0 Å². The van der Waals surface area contributed by atoms with Gasteiger partial charge < -0.3 is 4.74 Å². The first-order valence-electron chi connectivity index (χ1n) is 4.66. The molecule has 0 radical (unpaired) electrons. The molecule has 0 amide bonds. The first-order valence-corrected chi connectivity index (χ1v) is 5.97. The van der Waals surface area contributed by atoms with Crippen LogP contribution in [0.5, 0.6) is 0 Å². The van der Waals surface area contributed by atoms with E-state index in [1.54, 1.807) is 13.8 Å². The standard InChI is InChI=1S/C11H13ClO2S/c1-8(2)14-11(13)10(12)15-9-6-4-3-5-7-9/h3-8,10H,1-2H3. The van der Waals surface area contributed by atoms with Gasteiger partial charge in [0.1, 0.15) is 0 Å². The van der Waals surface area contributed by atoms with Crippen molar-refractivity contribution in [1.29, 1.82) is 0 Å². The molecule has 0 N–H and O–H groups in total. The SMILES string of the molecule is CC(C)OC(=O)C(Cl)Sc1ccccc1. The highest BCUT2D eigenvalue weighted by Crippen LogP contribution is 2.26. The van der Waals surface area contributed by atoms with Crippen molar-refractivity contribution < 1.29 is 9.53 Å². The van der Waals surface area contributed by atoms with Gasteiger partial charge in [0.15, 0.2) is 4.71 Å². The second-order valence-corrected chi connectivity index (χ2v) is 5.11. The van der Waals surface area contributed by atoms with E-state index in [1.165, 1.54) is 11.8 Å². The fraction of sp³-hybridized carbons (Fsp3) is 0.364. The van der Waals surface area contributed by atoms with E-state index in [9.17, 15) is 4.79 Å². The summed E-state index contributed by atoms with van der Waals surface area (Å²) in [6.45, 7) is 3.60. The number of carbonyl (C=O) groups is 1. The molecule has 1 unspecified atom stereocenters. The topological polar surface area (TPSA) is 26.3 Å². The summed E-state index contributed by atoms with van der Waals surface area (Å²) in [6.07, 6.45) is -0.130. The lowest BCUT2D eigenvalue weighted by molar-refractivity contribution is -0.145. The van der Waals surface area contributed by atoms with Gasteiger partial charge in [-0.2, -0.15) is 0 Å². The summed E-state index contributed by atoms with van der Waals surface area (Å²) in [5, 5.41) is 0. The highest BCUT2D eigenvalue weighted by atomic mass is 35.5. The van der Waals surface area contributed by atoms with Gasteiger partial charge in [-0.05, 0) is 26.0 Å². The number of hydrogen-bond donors (Lipinski definition) is 0. The summed E-state index contributed by atoms with van der Waals surface area (Å²) in [7, 11) is 0. The molecular formula is C11H13ClO2S. The molecule has 1 atom stereocenters. The van der Waals surface area contributed by atoms with Crippen LogP contribution in [0.4, 0.5) is 0 Å². The summed E-state index contributed by atoms with van der Waals surface area (Å²) in [5.74, 6) is -0.388. The number of hydrogen-bond acceptors (Lipinski definition) is 3. The van der Waals surface area contributed by atoms with Crippen LogP contribution in [0.15, 0.2) is 35.2 Å². The first kappa shape index (κ1) is 12.4. The first-order chi connectivity index (χ1) is 7.09. The van der Waals surface area contributed by atoms with Crippen molar-refractivity contribution in [3.05, 3.63) is 30.3 Å². The third kappa shape index (κ3) is 4.58. The molecule has 1 rings (SSSR count). The Balaban J connectivity index is 2.49. The Labute approximate surface area is 99.0 Å².